The van der Waals surface area contributed by atoms with Crippen molar-refractivity contribution in [2.45, 2.75) is 24.8 Å². The third-order valence-corrected chi connectivity index (χ3v) is 4.65. The molecule has 1 heterocycles. The van der Waals surface area contributed by atoms with E-state index in [1.54, 1.807) is 44.3 Å². The molecule has 0 fully saturated rings. The molecule has 0 saturated carbocycles. The molecule has 20 heavy (non-hydrogen) atoms. The lowest BCUT2D eigenvalue weighted by molar-refractivity contribution is 0.563. The van der Waals surface area contributed by atoms with Crippen molar-refractivity contribution in [1.29, 1.82) is 0 Å². The molecule has 0 amide bonds. The molecular formula is C14H17N3O2S. The zero-order valence-corrected chi connectivity index (χ0v) is 12.2. The molecule has 0 spiro atoms. The van der Waals surface area contributed by atoms with E-state index in [0.29, 0.717) is 16.9 Å². The second-order valence-corrected chi connectivity index (χ2v) is 6.30. The Balaban J connectivity index is 2.30. The van der Waals surface area contributed by atoms with E-state index in [2.05, 4.69) is 9.71 Å². The molecule has 2 rings (SSSR count). The highest BCUT2D eigenvalue weighted by atomic mass is 32.2. The Hall–Kier alpha value is -1.92. The quantitative estimate of drug-likeness (QED) is 0.844. The molecule has 1 unspecified atom stereocenters. The van der Waals surface area contributed by atoms with Crippen LogP contribution in [0.3, 0.4) is 0 Å². The lowest BCUT2D eigenvalue weighted by Gasteiger charge is -2.15. The monoisotopic (exact) mass is 291 g/mol. The summed E-state index contributed by atoms with van der Waals surface area (Å²) in [6.07, 6.45) is 1.63. The molecule has 0 bridgehead atoms. The van der Waals surface area contributed by atoms with E-state index in [0.717, 1.165) is 0 Å². The van der Waals surface area contributed by atoms with E-state index in [-0.39, 0.29) is 4.90 Å². The number of sulfonamides is 1. The summed E-state index contributed by atoms with van der Waals surface area (Å²) in [5.41, 5.74) is 7.40. The van der Waals surface area contributed by atoms with Gasteiger partial charge in [-0.3, -0.25) is 4.98 Å². The van der Waals surface area contributed by atoms with Crippen molar-refractivity contribution in [2.75, 3.05) is 5.73 Å². The number of pyridine rings is 1. The third kappa shape index (κ3) is 3.15. The molecule has 1 aromatic heterocycles. The van der Waals surface area contributed by atoms with Gasteiger partial charge in [0.25, 0.3) is 0 Å². The maximum absolute atomic E-state index is 12.4. The fraction of sp³-hybridized carbons (Fsp3) is 0.214. The van der Waals surface area contributed by atoms with Gasteiger partial charge in [0, 0.05) is 11.9 Å². The highest BCUT2D eigenvalue weighted by Crippen LogP contribution is 2.20. The molecule has 2 aromatic rings. The van der Waals surface area contributed by atoms with E-state index in [1.165, 1.54) is 6.07 Å². The second kappa shape index (κ2) is 5.60. The van der Waals surface area contributed by atoms with Crippen LogP contribution in [-0.4, -0.2) is 13.4 Å². The van der Waals surface area contributed by atoms with Gasteiger partial charge in [0.05, 0.1) is 16.6 Å². The van der Waals surface area contributed by atoms with Gasteiger partial charge in [0.1, 0.15) is 0 Å². The SMILES string of the molecule is Cc1ccc(N)cc1S(=O)(=O)NC(C)c1ccccn1. The standard InChI is InChI=1S/C14H17N3O2S/c1-10-6-7-12(15)9-14(10)20(18,19)17-11(2)13-5-3-4-8-16-13/h3-9,11,17H,15H2,1-2H3. The molecule has 0 radical (unpaired) electrons. The van der Waals surface area contributed by atoms with Crippen LogP contribution in [-0.2, 0) is 10.0 Å². The Bertz CT molecular complexity index is 700. The first kappa shape index (κ1) is 14.5. The van der Waals surface area contributed by atoms with Crippen LogP contribution in [0.1, 0.15) is 24.2 Å². The summed E-state index contributed by atoms with van der Waals surface area (Å²) in [7, 11) is -3.63. The Labute approximate surface area is 118 Å². The Kier molecular flexibility index (Phi) is 4.06. The molecule has 5 nitrogen and oxygen atoms in total. The molecule has 1 atom stereocenters. The molecule has 0 aliphatic carbocycles. The van der Waals surface area contributed by atoms with Gasteiger partial charge in [-0.25, -0.2) is 13.1 Å². The number of aromatic nitrogens is 1. The number of rotatable bonds is 4. The number of hydrogen-bond acceptors (Lipinski definition) is 4. The average Bonchev–Trinajstić information content (AvgIpc) is 2.42. The maximum atomic E-state index is 12.4. The first-order valence-electron chi connectivity index (χ1n) is 6.19. The van der Waals surface area contributed by atoms with Crippen molar-refractivity contribution in [3.05, 3.63) is 53.9 Å². The number of aryl methyl sites for hydroxylation is 1. The van der Waals surface area contributed by atoms with Gasteiger partial charge < -0.3 is 5.73 Å². The van der Waals surface area contributed by atoms with Crippen LogP contribution in [0, 0.1) is 6.92 Å². The highest BCUT2D eigenvalue weighted by Gasteiger charge is 2.21. The minimum absolute atomic E-state index is 0.195. The van der Waals surface area contributed by atoms with Gasteiger partial charge in [-0.05, 0) is 43.7 Å². The molecule has 6 heteroatoms. The van der Waals surface area contributed by atoms with Crippen LogP contribution in [0.4, 0.5) is 5.69 Å². The summed E-state index contributed by atoms with van der Waals surface area (Å²) in [5, 5.41) is 0. The summed E-state index contributed by atoms with van der Waals surface area (Å²) < 4.78 is 27.4. The number of nitrogens with zero attached hydrogens (tertiary/aromatic N) is 1. The van der Waals surface area contributed by atoms with Gasteiger partial charge >= 0.3 is 0 Å². The average molecular weight is 291 g/mol. The minimum atomic E-state index is -3.63. The summed E-state index contributed by atoms with van der Waals surface area (Å²) in [4.78, 5) is 4.34. The smallest absolute Gasteiger partial charge is 0.241 e. The van der Waals surface area contributed by atoms with Crippen LogP contribution < -0.4 is 10.5 Å². The van der Waals surface area contributed by atoms with Crippen molar-refractivity contribution in [1.82, 2.24) is 9.71 Å². The normalized spacial score (nSPS) is 13.1. The second-order valence-electron chi connectivity index (χ2n) is 4.62. The number of nitrogens with two attached hydrogens (primary N) is 1. The first-order chi connectivity index (χ1) is 9.40. The third-order valence-electron chi connectivity index (χ3n) is 2.97. The van der Waals surface area contributed by atoms with E-state index < -0.39 is 16.1 Å². The topological polar surface area (TPSA) is 85.1 Å². The van der Waals surface area contributed by atoms with E-state index >= 15 is 0 Å². The number of hydrogen-bond donors (Lipinski definition) is 2. The summed E-state index contributed by atoms with van der Waals surface area (Å²) in [6.45, 7) is 3.49. The minimum Gasteiger partial charge on any atom is -0.399 e. The van der Waals surface area contributed by atoms with Crippen molar-refractivity contribution < 1.29 is 8.42 Å². The fourth-order valence-corrected chi connectivity index (χ4v) is 3.39. The van der Waals surface area contributed by atoms with E-state index in [1.807, 2.05) is 6.07 Å². The number of nitrogen functional groups attached to an aromatic ring is 1. The molecular weight excluding hydrogens is 274 g/mol. The van der Waals surface area contributed by atoms with Gasteiger partial charge in [-0.2, -0.15) is 0 Å². The lowest BCUT2D eigenvalue weighted by atomic mass is 10.2. The van der Waals surface area contributed by atoms with Crippen molar-refractivity contribution >= 4 is 15.7 Å². The van der Waals surface area contributed by atoms with Crippen LogP contribution in [0.5, 0.6) is 0 Å². The first-order valence-corrected chi connectivity index (χ1v) is 7.68. The van der Waals surface area contributed by atoms with Gasteiger partial charge in [0.15, 0.2) is 0 Å². The van der Waals surface area contributed by atoms with Gasteiger partial charge in [0.2, 0.25) is 10.0 Å². The molecule has 3 N–H and O–H groups in total. The molecule has 0 aliphatic rings. The van der Waals surface area contributed by atoms with E-state index in [4.69, 9.17) is 5.73 Å². The predicted molar refractivity (Wildman–Crippen MR) is 78.6 cm³/mol. The van der Waals surface area contributed by atoms with Crippen molar-refractivity contribution in [2.24, 2.45) is 0 Å². The molecule has 0 aliphatic heterocycles. The van der Waals surface area contributed by atoms with Crippen molar-refractivity contribution in [3.63, 3.8) is 0 Å². The predicted octanol–water partition coefficient (Wildman–Crippen LogP) is 2.01. The Morgan fingerprint density at radius 1 is 1.25 bits per heavy atom. The largest absolute Gasteiger partial charge is 0.399 e. The Morgan fingerprint density at radius 2 is 2.00 bits per heavy atom. The van der Waals surface area contributed by atoms with Gasteiger partial charge in [-0.15, -0.1) is 0 Å². The van der Waals surface area contributed by atoms with E-state index in [9.17, 15) is 8.42 Å². The van der Waals surface area contributed by atoms with Crippen LogP contribution in [0.15, 0.2) is 47.5 Å². The summed E-state index contributed by atoms with van der Waals surface area (Å²) >= 11 is 0. The van der Waals surface area contributed by atoms with Gasteiger partial charge in [-0.1, -0.05) is 12.1 Å². The number of anilines is 1. The van der Waals surface area contributed by atoms with Crippen molar-refractivity contribution in [3.8, 4) is 0 Å². The summed E-state index contributed by atoms with van der Waals surface area (Å²) in [6, 6.07) is 9.79. The zero-order chi connectivity index (χ0) is 14.8. The highest BCUT2D eigenvalue weighted by molar-refractivity contribution is 7.89. The van der Waals surface area contributed by atoms with Crippen LogP contribution in [0.25, 0.3) is 0 Å². The zero-order valence-electron chi connectivity index (χ0n) is 11.4. The maximum Gasteiger partial charge on any atom is 0.241 e. The van der Waals surface area contributed by atoms with Crippen LogP contribution >= 0.6 is 0 Å². The fourth-order valence-electron chi connectivity index (χ4n) is 1.89. The molecule has 106 valence electrons. The lowest BCUT2D eigenvalue weighted by Crippen LogP contribution is -2.28. The summed E-state index contributed by atoms with van der Waals surface area (Å²) in [5.74, 6) is 0. The number of nitrogens with one attached hydrogen (secondary N) is 1. The molecule has 1 aromatic carbocycles. The number of benzene rings is 1. The molecule has 0 saturated heterocycles. The van der Waals surface area contributed by atoms with Crippen LogP contribution in [0.2, 0.25) is 0 Å². The Morgan fingerprint density at radius 3 is 2.65 bits per heavy atom.